The van der Waals surface area contributed by atoms with Crippen LogP contribution in [0.3, 0.4) is 0 Å². The van der Waals surface area contributed by atoms with Crippen LogP contribution in [0.5, 0.6) is 0 Å². The van der Waals surface area contributed by atoms with E-state index in [1.54, 1.807) is 0 Å². The predicted molar refractivity (Wildman–Crippen MR) is 90.5 cm³/mol. The van der Waals surface area contributed by atoms with Gasteiger partial charge in [0.25, 0.3) is 0 Å². The van der Waals surface area contributed by atoms with Crippen molar-refractivity contribution in [2.75, 3.05) is 0 Å². The highest BCUT2D eigenvalue weighted by atomic mass is 16.1. The summed E-state index contributed by atoms with van der Waals surface area (Å²) >= 11 is 0. The van der Waals surface area contributed by atoms with Gasteiger partial charge in [0.2, 0.25) is 0 Å². The highest BCUT2D eigenvalue weighted by molar-refractivity contribution is 5.62. The Hall–Kier alpha value is -0.330. The molecule has 7 atom stereocenters. The molecule has 0 aromatic carbocycles. The summed E-state index contributed by atoms with van der Waals surface area (Å²) in [6.45, 7) is 4.94. The minimum Gasteiger partial charge on any atom is -0.303 e. The Balaban J connectivity index is 1.65. The first-order valence-electron chi connectivity index (χ1n) is 10.1. The normalized spacial score (nSPS) is 54.2. The molecule has 0 heterocycles. The molecule has 0 radical (unpaired) electrons. The van der Waals surface area contributed by atoms with E-state index in [4.69, 9.17) is 0 Å². The first kappa shape index (κ1) is 15.2. The lowest BCUT2D eigenvalue weighted by atomic mass is 9.44. The fourth-order valence-electron chi connectivity index (χ4n) is 7.96. The van der Waals surface area contributed by atoms with Crippen molar-refractivity contribution in [2.24, 2.45) is 40.4 Å². The molecule has 1 nitrogen and oxygen atoms in total. The van der Waals surface area contributed by atoms with E-state index < -0.39 is 0 Å². The molecule has 0 N–H and O–H groups in total. The number of hydrogen-bond acceptors (Lipinski definition) is 1. The standard InChI is InChI=1S/C21H34O/c1-3-15-8-10-19-17-9-7-16-6-4-5-12-20(16,2)18(17)11-13-21(15,19)14-22/h14-19H,3-13H2,1-2H3/t15-,16?,17+,18-,19-,20-,21-/m0/s1. The van der Waals surface area contributed by atoms with Crippen molar-refractivity contribution in [1.82, 2.24) is 0 Å². The molecule has 4 fully saturated rings. The highest BCUT2D eigenvalue weighted by Gasteiger charge is 2.60. The summed E-state index contributed by atoms with van der Waals surface area (Å²) in [7, 11) is 0. The Morgan fingerprint density at radius 1 is 0.955 bits per heavy atom. The summed E-state index contributed by atoms with van der Waals surface area (Å²) in [6.07, 6.45) is 16.7. The van der Waals surface area contributed by atoms with Gasteiger partial charge in [0.15, 0.2) is 0 Å². The van der Waals surface area contributed by atoms with E-state index >= 15 is 0 Å². The maximum Gasteiger partial charge on any atom is 0.126 e. The quantitative estimate of drug-likeness (QED) is 0.605. The smallest absolute Gasteiger partial charge is 0.126 e. The SMILES string of the molecule is CC[C@H]1CC[C@H]2[C@@H]3CCC4CCCC[C@]4(C)[C@H]3CC[C@]12C=O. The zero-order valence-electron chi connectivity index (χ0n) is 14.7. The lowest BCUT2D eigenvalue weighted by Gasteiger charge is -2.60. The summed E-state index contributed by atoms with van der Waals surface area (Å²) < 4.78 is 0. The first-order valence-corrected chi connectivity index (χ1v) is 10.1. The number of aldehydes is 1. The van der Waals surface area contributed by atoms with Gasteiger partial charge in [-0.3, -0.25) is 0 Å². The molecule has 0 spiro atoms. The van der Waals surface area contributed by atoms with Gasteiger partial charge in [-0.05, 0) is 86.4 Å². The van der Waals surface area contributed by atoms with Gasteiger partial charge in [-0.2, -0.15) is 0 Å². The molecule has 4 saturated carbocycles. The average Bonchev–Trinajstić information content (AvgIpc) is 2.93. The van der Waals surface area contributed by atoms with Crippen LogP contribution in [0.25, 0.3) is 0 Å². The number of rotatable bonds is 2. The Morgan fingerprint density at radius 2 is 1.82 bits per heavy atom. The third-order valence-electron chi connectivity index (χ3n) is 9.06. The summed E-state index contributed by atoms with van der Waals surface area (Å²) in [5, 5.41) is 0. The van der Waals surface area contributed by atoms with Gasteiger partial charge >= 0.3 is 0 Å². The maximum atomic E-state index is 12.2. The van der Waals surface area contributed by atoms with Crippen LogP contribution in [0, 0.1) is 40.4 Å². The monoisotopic (exact) mass is 302 g/mol. The molecule has 4 rings (SSSR count). The van der Waals surface area contributed by atoms with Gasteiger partial charge in [-0.25, -0.2) is 0 Å². The zero-order valence-corrected chi connectivity index (χ0v) is 14.7. The summed E-state index contributed by atoms with van der Waals surface area (Å²) in [5.41, 5.74) is 0.689. The maximum absolute atomic E-state index is 12.2. The van der Waals surface area contributed by atoms with Gasteiger partial charge in [0.1, 0.15) is 6.29 Å². The van der Waals surface area contributed by atoms with Crippen molar-refractivity contribution < 1.29 is 4.79 Å². The molecule has 124 valence electrons. The van der Waals surface area contributed by atoms with Crippen LogP contribution in [0.1, 0.15) is 84.5 Å². The molecule has 22 heavy (non-hydrogen) atoms. The van der Waals surface area contributed by atoms with Gasteiger partial charge in [0.05, 0.1) is 0 Å². The second kappa shape index (κ2) is 5.35. The van der Waals surface area contributed by atoms with Gasteiger partial charge in [0, 0.05) is 5.41 Å². The van der Waals surface area contributed by atoms with Crippen LogP contribution in [0.4, 0.5) is 0 Å². The van der Waals surface area contributed by atoms with Crippen LogP contribution in [0.2, 0.25) is 0 Å². The molecule has 0 aromatic heterocycles. The number of carbonyl (C=O) groups is 1. The van der Waals surface area contributed by atoms with Crippen LogP contribution in [-0.4, -0.2) is 6.29 Å². The number of fused-ring (bicyclic) bond motifs is 5. The van der Waals surface area contributed by atoms with Crippen LogP contribution < -0.4 is 0 Å². The summed E-state index contributed by atoms with van der Waals surface area (Å²) in [6, 6.07) is 0. The fourth-order valence-corrected chi connectivity index (χ4v) is 7.96. The Bertz CT molecular complexity index is 443. The Morgan fingerprint density at radius 3 is 2.59 bits per heavy atom. The lowest BCUT2D eigenvalue weighted by Crippen LogP contribution is -2.53. The molecule has 1 heteroatoms. The third-order valence-corrected chi connectivity index (χ3v) is 9.06. The molecular weight excluding hydrogens is 268 g/mol. The van der Waals surface area contributed by atoms with E-state index in [9.17, 15) is 4.79 Å². The van der Waals surface area contributed by atoms with Gasteiger partial charge in [-0.1, -0.05) is 33.1 Å². The second-order valence-electron chi connectivity index (χ2n) is 9.35. The van der Waals surface area contributed by atoms with Crippen LogP contribution in [-0.2, 0) is 4.79 Å². The molecule has 1 unspecified atom stereocenters. The second-order valence-corrected chi connectivity index (χ2v) is 9.35. The van der Waals surface area contributed by atoms with Gasteiger partial charge < -0.3 is 4.79 Å². The van der Waals surface area contributed by atoms with E-state index in [0.717, 1.165) is 23.7 Å². The van der Waals surface area contributed by atoms with Crippen LogP contribution in [0.15, 0.2) is 0 Å². The Kier molecular flexibility index (Phi) is 3.70. The molecule has 4 aliphatic carbocycles. The van der Waals surface area contributed by atoms with E-state index in [0.29, 0.717) is 11.3 Å². The topological polar surface area (TPSA) is 17.1 Å². The Labute approximate surface area is 136 Å². The van der Waals surface area contributed by atoms with Crippen molar-refractivity contribution in [1.29, 1.82) is 0 Å². The molecular formula is C21H34O. The highest BCUT2D eigenvalue weighted by Crippen LogP contribution is 2.67. The zero-order chi connectivity index (χ0) is 15.4. The minimum absolute atomic E-state index is 0.0772. The van der Waals surface area contributed by atoms with Crippen molar-refractivity contribution in [3.63, 3.8) is 0 Å². The molecule has 4 aliphatic rings. The summed E-state index contributed by atoms with van der Waals surface area (Å²) in [4.78, 5) is 12.2. The van der Waals surface area contributed by atoms with Gasteiger partial charge in [-0.15, -0.1) is 0 Å². The molecule has 0 bridgehead atoms. The fraction of sp³-hybridized carbons (Fsp3) is 0.952. The first-order chi connectivity index (χ1) is 10.7. The van der Waals surface area contributed by atoms with E-state index in [1.165, 1.54) is 76.9 Å². The van der Waals surface area contributed by atoms with E-state index in [2.05, 4.69) is 13.8 Å². The van der Waals surface area contributed by atoms with Crippen LogP contribution >= 0.6 is 0 Å². The average molecular weight is 303 g/mol. The predicted octanol–water partition coefficient (Wildman–Crippen LogP) is 5.62. The molecule has 0 aliphatic heterocycles. The molecule has 0 saturated heterocycles. The van der Waals surface area contributed by atoms with Crippen molar-refractivity contribution >= 4 is 6.29 Å². The van der Waals surface area contributed by atoms with Crippen molar-refractivity contribution in [3.8, 4) is 0 Å². The number of carbonyl (C=O) groups excluding carboxylic acids is 1. The minimum atomic E-state index is 0.0772. The summed E-state index contributed by atoms with van der Waals surface area (Å²) in [5.74, 6) is 4.21. The van der Waals surface area contributed by atoms with Crippen molar-refractivity contribution in [3.05, 3.63) is 0 Å². The van der Waals surface area contributed by atoms with Crippen molar-refractivity contribution in [2.45, 2.75) is 84.5 Å². The van der Waals surface area contributed by atoms with E-state index in [1.807, 2.05) is 0 Å². The third kappa shape index (κ3) is 1.86. The molecule has 0 amide bonds. The molecule has 0 aromatic rings. The van der Waals surface area contributed by atoms with E-state index in [-0.39, 0.29) is 5.41 Å². The lowest BCUT2D eigenvalue weighted by molar-refractivity contribution is -0.140. The number of hydrogen-bond donors (Lipinski definition) is 0. The largest absolute Gasteiger partial charge is 0.303 e.